The molecule has 0 saturated carbocycles. The number of benzene rings is 1. The molecular weight excluding hydrogens is 273 g/mol. The first-order valence-corrected chi connectivity index (χ1v) is 5.80. The summed E-state index contributed by atoms with van der Waals surface area (Å²) in [4.78, 5) is 15.8. The molecule has 0 spiro atoms. The molecule has 1 amide bonds. The largest absolute Gasteiger partial charge is 0.398 e. The van der Waals surface area contributed by atoms with Crippen molar-refractivity contribution in [2.24, 2.45) is 0 Å². The molecule has 0 radical (unpaired) electrons. The smallest absolute Gasteiger partial charge is 0.256 e. The minimum absolute atomic E-state index is 0.313. The van der Waals surface area contributed by atoms with E-state index in [1.807, 2.05) is 0 Å². The lowest BCUT2D eigenvalue weighted by Crippen LogP contribution is -2.12. The Labute approximate surface area is 114 Å². The van der Waals surface area contributed by atoms with Gasteiger partial charge in [-0.2, -0.15) is 0 Å². The molecule has 1 heterocycles. The van der Waals surface area contributed by atoms with Crippen LogP contribution >= 0.6 is 23.2 Å². The first-order chi connectivity index (χ1) is 8.56. The number of halogens is 2. The number of nitrogens with zero attached hydrogens (tertiary/aromatic N) is 1. The second kappa shape index (κ2) is 5.25. The third-order valence-corrected chi connectivity index (χ3v) is 2.78. The molecule has 2 rings (SSSR count). The molecule has 0 aliphatic heterocycles. The van der Waals surface area contributed by atoms with Crippen LogP contribution in [0.3, 0.4) is 0 Å². The fourth-order valence-electron chi connectivity index (χ4n) is 1.31. The van der Waals surface area contributed by atoms with Gasteiger partial charge in [0, 0.05) is 11.8 Å². The quantitative estimate of drug-likeness (QED) is 0.831. The van der Waals surface area contributed by atoms with E-state index in [-0.39, 0.29) is 5.91 Å². The molecule has 0 aliphatic carbocycles. The zero-order valence-electron chi connectivity index (χ0n) is 9.15. The number of nitrogens with one attached hydrogen (secondary N) is 1. The Bertz CT molecular complexity index is 584. The summed E-state index contributed by atoms with van der Waals surface area (Å²) in [6.07, 6.45) is 1.45. The molecule has 18 heavy (non-hydrogen) atoms. The van der Waals surface area contributed by atoms with Crippen LogP contribution in [-0.2, 0) is 0 Å². The number of hydrogen-bond acceptors (Lipinski definition) is 3. The average molecular weight is 282 g/mol. The molecule has 0 unspecified atom stereocenters. The molecule has 3 N–H and O–H groups in total. The van der Waals surface area contributed by atoms with Gasteiger partial charge in [-0.05, 0) is 30.3 Å². The van der Waals surface area contributed by atoms with Crippen molar-refractivity contribution < 1.29 is 4.79 Å². The molecule has 2 aromatic rings. The van der Waals surface area contributed by atoms with Crippen LogP contribution in [0.4, 0.5) is 11.5 Å². The summed E-state index contributed by atoms with van der Waals surface area (Å²) >= 11 is 11.5. The maximum Gasteiger partial charge on any atom is 0.256 e. The van der Waals surface area contributed by atoms with E-state index in [1.165, 1.54) is 12.3 Å². The van der Waals surface area contributed by atoms with Crippen LogP contribution in [0.15, 0.2) is 36.5 Å². The highest BCUT2D eigenvalue weighted by atomic mass is 35.5. The van der Waals surface area contributed by atoms with Gasteiger partial charge in [-0.25, -0.2) is 4.98 Å². The van der Waals surface area contributed by atoms with Crippen molar-refractivity contribution >= 4 is 40.6 Å². The molecule has 1 aromatic heterocycles. The maximum atomic E-state index is 11.9. The molecule has 0 fully saturated rings. The van der Waals surface area contributed by atoms with Gasteiger partial charge in [-0.1, -0.05) is 23.2 Å². The van der Waals surface area contributed by atoms with E-state index in [0.717, 1.165) is 0 Å². The van der Waals surface area contributed by atoms with Gasteiger partial charge >= 0.3 is 0 Å². The van der Waals surface area contributed by atoms with Crippen molar-refractivity contribution in [2.75, 3.05) is 11.1 Å². The lowest BCUT2D eigenvalue weighted by atomic mass is 10.2. The van der Waals surface area contributed by atoms with Gasteiger partial charge < -0.3 is 11.1 Å². The second-order valence-corrected chi connectivity index (χ2v) is 4.40. The van der Waals surface area contributed by atoms with Gasteiger partial charge in [0.05, 0.1) is 15.7 Å². The van der Waals surface area contributed by atoms with Crippen LogP contribution in [0.5, 0.6) is 0 Å². The van der Waals surface area contributed by atoms with Crippen LogP contribution < -0.4 is 11.1 Å². The number of pyridine rings is 1. The van der Waals surface area contributed by atoms with Crippen LogP contribution in [-0.4, -0.2) is 10.9 Å². The van der Waals surface area contributed by atoms with E-state index in [0.29, 0.717) is 27.1 Å². The highest BCUT2D eigenvalue weighted by Crippen LogP contribution is 2.20. The zero-order valence-corrected chi connectivity index (χ0v) is 10.7. The number of hydrogen-bond donors (Lipinski definition) is 2. The molecule has 0 atom stereocenters. The molecule has 0 bridgehead atoms. The van der Waals surface area contributed by atoms with Crippen LogP contribution in [0.25, 0.3) is 0 Å². The third kappa shape index (κ3) is 2.91. The van der Waals surface area contributed by atoms with Crippen molar-refractivity contribution in [3.05, 3.63) is 52.1 Å². The number of aromatic nitrogens is 1. The van der Waals surface area contributed by atoms with Gasteiger partial charge in [-0.15, -0.1) is 0 Å². The Balaban J connectivity index is 2.16. The minimum Gasteiger partial charge on any atom is -0.398 e. The van der Waals surface area contributed by atoms with Gasteiger partial charge in [0.1, 0.15) is 5.82 Å². The molecule has 6 heteroatoms. The Morgan fingerprint density at radius 3 is 2.61 bits per heavy atom. The predicted octanol–water partition coefficient (Wildman–Crippen LogP) is 3.22. The van der Waals surface area contributed by atoms with Crippen LogP contribution in [0.2, 0.25) is 10.0 Å². The van der Waals surface area contributed by atoms with Crippen molar-refractivity contribution in [1.29, 1.82) is 0 Å². The van der Waals surface area contributed by atoms with E-state index >= 15 is 0 Å². The predicted molar refractivity (Wildman–Crippen MR) is 73.1 cm³/mol. The van der Waals surface area contributed by atoms with Crippen LogP contribution in [0.1, 0.15) is 10.4 Å². The molecule has 0 aliphatic rings. The number of amides is 1. The van der Waals surface area contributed by atoms with Gasteiger partial charge in [0.25, 0.3) is 5.91 Å². The summed E-state index contributed by atoms with van der Waals surface area (Å²) in [6.45, 7) is 0. The molecule has 92 valence electrons. The fourth-order valence-corrected chi connectivity index (χ4v) is 1.60. The van der Waals surface area contributed by atoms with E-state index < -0.39 is 0 Å². The first-order valence-electron chi connectivity index (χ1n) is 5.04. The number of nitrogen functional groups attached to an aromatic ring is 1. The highest BCUT2D eigenvalue weighted by molar-refractivity contribution is 6.33. The number of rotatable bonds is 2. The van der Waals surface area contributed by atoms with E-state index in [1.54, 1.807) is 24.3 Å². The third-order valence-electron chi connectivity index (χ3n) is 2.23. The van der Waals surface area contributed by atoms with Crippen molar-refractivity contribution in [1.82, 2.24) is 4.98 Å². The summed E-state index contributed by atoms with van der Waals surface area (Å²) in [5.74, 6) is 0.101. The topological polar surface area (TPSA) is 68.0 Å². The Morgan fingerprint density at radius 2 is 2.00 bits per heavy atom. The second-order valence-electron chi connectivity index (χ2n) is 3.55. The van der Waals surface area contributed by atoms with Crippen LogP contribution in [0, 0.1) is 0 Å². The van der Waals surface area contributed by atoms with E-state index in [4.69, 9.17) is 28.9 Å². The Hall–Kier alpha value is -1.78. The fraction of sp³-hybridized carbons (Fsp3) is 0. The molecule has 4 nitrogen and oxygen atoms in total. The van der Waals surface area contributed by atoms with Crippen molar-refractivity contribution in [3.63, 3.8) is 0 Å². The number of carbonyl (C=O) groups is 1. The normalized spacial score (nSPS) is 10.1. The van der Waals surface area contributed by atoms with Crippen molar-refractivity contribution in [2.45, 2.75) is 0 Å². The summed E-state index contributed by atoms with van der Waals surface area (Å²) < 4.78 is 0. The molecule has 0 saturated heterocycles. The monoisotopic (exact) mass is 281 g/mol. The number of nitrogens with two attached hydrogens (primary N) is 1. The zero-order chi connectivity index (χ0) is 13.1. The lowest BCUT2D eigenvalue weighted by Gasteiger charge is -2.05. The number of carbonyl (C=O) groups excluding carboxylic acids is 1. The summed E-state index contributed by atoms with van der Waals surface area (Å²) in [5, 5.41) is 3.47. The molecular formula is C12H9Cl2N3O. The maximum absolute atomic E-state index is 11.9. The number of anilines is 2. The summed E-state index contributed by atoms with van der Waals surface area (Å²) in [6, 6.07) is 7.92. The first kappa shape index (κ1) is 12.7. The summed E-state index contributed by atoms with van der Waals surface area (Å²) in [7, 11) is 0. The Morgan fingerprint density at radius 1 is 1.22 bits per heavy atom. The van der Waals surface area contributed by atoms with Gasteiger partial charge in [0.15, 0.2) is 0 Å². The average Bonchev–Trinajstić information content (AvgIpc) is 2.35. The SMILES string of the molecule is Nc1ccc(C(=O)Nc2ccc(Cl)cn2)cc1Cl. The summed E-state index contributed by atoms with van der Waals surface area (Å²) in [5.41, 5.74) is 6.40. The van der Waals surface area contributed by atoms with Crippen molar-refractivity contribution in [3.8, 4) is 0 Å². The highest BCUT2D eigenvalue weighted by Gasteiger charge is 2.08. The standard InChI is InChI=1S/C12H9Cl2N3O/c13-8-2-4-11(16-6-8)17-12(18)7-1-3-10(15)9(14)5-7/h1-6H,15H2,(H,16,17,18). The Kier molecular flexibility index (Phi) is 3.69. The minimum atomic E-state index is -0.313. The lowest BCUT2D eigenvalue weighted by molar-refractivity contribution is 0.102. The molecule has 1 aromatic carbocycles. The van der Waals surface area contributed by atoms with E-state index in [9.17, 15) is 4.79 Å². The van der Waals surface area contributed by atoms with Gasteiger partial charge in [-0.3, -0.25) is 4.79 Å². The van der Waals surface area contributed by atoms with Gasteiger partial charge in [0.2, 0.25) is 0 Å². The van der Waals surface area contributed by atoms with E-state index in [2.05, 4.69) is 10.3 Å².